The predicted molar refractivity (Wildman–Crippen MR) is 128 cm³/mol. The molecular weight excluding hydrogens is 446 g/mol. The lowest BCUT2D eigenvalue weighted by molar-refractivity contribution is 0.0991. The molecule has 9 heteroatoms. The van der Waals surface area contributed by atoms with E-state index in [2.05, 4.69) is 27.2 Å². The smallest absolute Gasteiger partial charge is 0.286 e. The number of halogens is 1. The van der Waals surface area contributed by atoms with Crippen molar-refractivity contribution >= 4 is 51.7 Å². The molecule has 0 saturated carbocycles. The second-order valence-corrected chi connectivity index (χ2v) is 8.50. The first kappa shape index (κ1) is 21.9. The van der Waals surface area contributed by atoms with Crippen molar-refractivity contribution in [2.24, 2.45) is 5.73 Å². The summed E-state index contributed by atoms with van der Waals surface area (Å²) in [5.74, 6) is 1.18. The molecule has 2 heterocycles. The van der Waals surface area contributed by atoms with E-state index in [1.165, 1.54) is 0 Å². The molecule has 32 heavy (non-hydrogen) atoms. The summed E-state index contributed by atoms with van der Waals surface area (Å²) in [6, 6.07) is 16.8. The van der Waals surface area contributed by atoms with Crippen molar-refractivity contribution in [2.45, 2.75) is 18.4 Å². The Hall–Kier alpha value is -3.36. The van der Waals surface area contributed by atoms with Crippen LogP contribution < -0.4 is 15.8 Å². The first-order chi connectivity index (χ1) is 15.5. The monoisotopic (exact) mass is 465 g/mol. The number of thioether (sulfide) groups is 1. The number of aromatic nitrogens is 3. The van der Waals surface area contributed by atoms with Gasteiger partial charge in [0.1, 0.15) is 18.2 Å². The number of fused-ring (bicyclic) bond motifs is 1. The summed E-state index contributed by atoms with van der Waals surface area (Å²) in [4.78, 5) is 25.7. The fraction of sp³-hybridized carbons (Fsp3) is 0.130. The minimum atomic E-state index is -0.695. The number of carbonyl (C=O) groups is 1. The predicted octanol–water partition coefficient (Wildman–Crippen LogP) is 5.21. The number of anilines is 2. The van der Waals surface area contributed by atoms with Gasteiger partial charge in [0, 0.05) is 22.2 Å². The number of carbonyl (C=O) groups excluding carboxylic acids is 1. The van der Waals surface area contributed by atoms with Gasteiger partial charge in [0.15, 0.2) is 0 Å². The van der Waals surface area contributed by atoms with Crippen LogP contribution in [-0.4, -0.2) is 26.6 Å². The van der Waals surface area contributed by atoms with Crippen molar-refractivity contribution in [3.05, 3.63) is 77.3 Å². The quantitative estimate of drug-likeness (QED) is 0.344. The maximum Gasteiger partial charge on any atom is 0.286 e. The van der Waals surface area contributed by atoms with Gasteiger partial charge < -0.3 is 15.8 Å². The molecule has 7 nitrogen and oxygen atoms in total. The van der Waals surface area contributed by atoms with Gasteiger partial charge in [0.25, 0.3) is 5.91 Å². The van der Waals surface area contributed by atoms with Crippen molar-refractivity contribution in [1.82, 2.24) is 15.0 Å². The molecule has 4 rings (SSSR count). The van der Waals surface area contributed by atoms with E-state index < -0.39 is 5.91 Å². The average Bonchev–Trinajstić information content (AvgIpc) is 2.79. The molecule has 0 bridgehead atoms. The van der Waals surface area contributed by atoms with Gasteiger partial charge in [-0.05, 0) is 54.3 Å². The fourth-order valence-electron chi connectivity index (χ4n) is 3.04. The van der Waals surface area contributed by atoms with Crippen LogP contribution in [0.1, 0.15) is 23.2 Å². The van der Waals surface area contributed by atoms with Gasteiger partial charge in [0.05, 0.1) is 16.2 Å². The fourth-order valence-corrected chi connectivity index (χ4v) is 3.97. The molecule has 2 aromatic carbocycles. The normalized spacial score (nSPS) is 10.8. The van der Waals surface area contributed by atoms with Gasteiger partial charge in [-0.25, -0.2) is 9.97 Å². The number of nitrogens with two attached hydrogens (primary N) is 1. The van der Waals surface area contributed by atoms with Crippen LogP contribution in [0.25, 0.3) is 10.9 Å². The maximum atomic E-state index is 11.8. The van der Waals surface area contributed by atoms with Crippen LogP contribution in [0.5, 0.6) is 5.75 Å². The third-order valence-corrected chi connectivity index (χ3v) is 5.67. The molecule has 0 aliphatic rings. The lowest BCUT2D eigenvalue weighted by Crippen LogP contribution is -2.16. The zero-order valence-electron chi connectivity index (χ0n) is 17.2. The zero-order chi connectivity index (χ0) is 22.5. The third-order valence-electron chi connectivity index (χ3n) is 4.50. The molecule has 2 aromatic heterocycles. The molecule has 162 valence electrons. The highest BCUT2D eigenvalue weighted by atomic mass is 35.5. The molecule has 0 unspecified atom stereocenters. The standard InChI is InChI=1S/C23H20ClN5O2S/c1-2-32-16-7-8-17-19(12-16)28-23(21(25)30)29-22(17)27-14-6-9-20(18(24)11-14)31-13-15-5-3-4-10-26-15/h3-12H,2,13H2,1H3,(H2,25,30)(H,27,28,29). The third kappa shape index (κ3) is 5.09. The maximum absolute atomic E-state index is 11.8. The van der Waals surface area contributed by atoms with Gasteiger partial charge in [-0.3, -0.25) is 9.78 Å². The van der Waals surface area contributed by atoms with Crippen molar-refractivity contribution < 1.29 is 9.53 Å². The molecule has 0 fully saturated rings. The number of nitrogens with zero attached hydrogens (tertiary/aromatic N) is 3. The molecule has 0 saturated heterocycles. The first-order valence-corrected chi connectivity index (χ1v) is 11.2. The van der Waals surface area contributed by atoms with Gasteiger partial charge in [-0.2, -0.15) is 0 Å². The Labute approximate surface area is 194 Å². The van der Waals surface area contributed by atoms with Crippen molar-refractivity contribution in [2.75, 3.05) is 11.1 Å². The molecule has 4 aromatic rings. The molecule has 0 radical (unpaired) electrons. The van der Waals surface area contributed by atoms with E-state index in [4.69, 9.17) is 22.1 Å². The van der Waals surface area contributed by atoms with Crippen LogP contribution in [0.15, 0.2) is 65.7 Å². The van der Waals surface area contributed by atoms with Crippen LogP contribution in [0.4, 0.5) is 11.5 Å². The second-order valence-electron chi connectivity index (χ2n) is 6.75. The largest absolute Gasteiger partial charge is 0.486 e. The van der Waals surface area contributed by atoms with Crippen molar-refractivity contribution in [3.8, 4) is 5.75 Å². The summed E-state index contributed by atoms with van der Waals surface area (Å²) in [7, 11) is 0. The Kier molecular flexibility index (Phi) is 6.72. The number of ether oxygens (including phenoxy) is 1. The van der Waals surface area contributed by atoms with Crippen LogP contribution in [-0.2, 0) is 6.61 Å². The number of rotatable bonds is 8. The van der Waals surface area contributed by atoms with Crippen LogP contribution in [0.2, 0.25) is 5.02 Å². The van der Waals surface area contributed by atoms with Gasteiger partial charge in [-0.15, -0.1) is 11.8 Å². The number of pyridine rings is 1. The molecule has 0 spiro atoms. The Morgan fingerprint density at radius 3 is 2.75 bits per heavy atom. The average molecular weight is 466 g/mol. The Balaban J connectivity index is 1.60. The summed E-state index contributed by atoms with van der Waals surface area (Å²) >= 11 is 8.11. The molecule has 1 amide bonds. The van der Waals surface area contributed by atoms with Crippen molar-refractivity contribution in [1.29, 1.82) is 0 Å². The van der Waals surface area contributed by atoms with Crippen molar-refractivity contribution in [3.63, 3.8) is 0 Å². The first-order valence-electron chi connectivity index (χ1n) is 9.87. The molecular formula is C23H20ClN5O2S. The highest BCUT2D eigenvalue weighted by Crippen LogP contribution is 2.32. The van der Waals surface area contributed by atoms with Gasteiger partial charge in [0.2, 0.25) is 5.82 Å². The number of primary amides is 1. The van der Waals surface area contributed by atoms with Crippen LogP contribution >= 0.6 is 23.4 Å². The Morgan fingerprint density at radius 2 is 2.03 bits per heavy atom. The molecule has 0 aliphatic heterocycles. The molecule has 3 N–H and O–H groups in total. The minimum absolute atomic E-state index is 0.0555. The van der Waals surface area contributed by atoms with E-state index in [1.54, 1.807) is 30.1 Å². The van der Waals surface area contributed by atoms with E-state index in [0.717, 1.165) is 21.7 Å². The summed E-state index contributed by atoms with van der Waals surface area (Å²) in [5.41, 5.74) is 7.57. The SMILES string of the molecule is CCSc1ccc2c(Nc3ccc(OCc4ccccn4)c(Cl)c3)nc(C(N)=O)nc2c1. The number of benzene rings is 2. The summed E-state index contributed by atoms with van der Waals surface area (Å²) < 4.78 is 5.77. The van der Waals surface area contributed by atoms with E-state index in [1.807, 2.05) is 42.5 Å². The number of nitrogens with one attached hydrogen (secondary N) is 1. The van der Waals surface area contributed by atoms with Gasteiger partial charge in [-0.1, -0.05) is 24.6 Å². The number of hydrogen-bond acceptors (Lipinski definition) is 7. The number of hydrogen-bond donors (Lipinski definition) is 2. The van der Waals surface area contributed by atoms with Gasteiger partial charge >= 0.3 is 0 Å². The lowest BCUT2D eigenvalue weighted by Gasteiger charge is -2.13. The number of amides is 1. The van der Waals surface area contributed by atoms with Crippen LogP contribution in [0.3, 0.4) is 0 Å². The summed E-state index contributed by atoms with van der Waals surface area (Å²) in [5, 5.41) is 4.41. The zero-order valence-corrected chi connectivity index (χ0v) is 18.8. The van der Waals surface area contributed by atoms with Crippen LogP contribution in [0, 0.1) is 0 Å². The van der Waals surface area contributed by atoms with E-state index in [-0.39, 0.29) is 5.82 Å². The Morgan fingerprint density at radius 1 is 1.16 bits per heavy atom. The molecule has 0 atom stereocenters. The molecule has 0 aliphatic carbocycles. The Bertz CT molecular complexity index is 1270. The second kappa shape index (κ2) is 9.84. The highest BCUT2D eigenvalue weighted by Gasteiger charge is 2.13. The van der Waals surface area contributed by atoms with E-state index in [0.29, 0.717) is 34.4 Å². The topological polar surface area (TPSA) is 103 Å². The van der Waals surface area contributed by atoms with E-state index >= 15 is 0 Å². The minimum Gasteiger partial charge on any atom is -0.486 e. The summed E-state index contributed by atoms with van der Waals surface area (Å²) in [6.45, 7) is 2.38. The highest BCUT2D eigenvalue weighted by molar-refractivity contribution is 7.99. The summed E-state index contributed by atoms with van der Waals surface area (Å²) in [6.07, 6.45) is 1.71. The lowest BCUT2D eigenvalue weighted by atomic mass is 10.2. The van der Waals surface area contributed by atoms with E-state index in [9.17, 15) is 4.79 Å².